The number of guanidine groups is 1. The maximum atomic E-state index is 11.2. The van der Waals surface area contributed by atoms with Crippen molar-refractivity contribution in [3.05, 3.63) is 23.9 Å². The van der Waals surface area contributed by atoms with Gasteiger partial charge < -0.3 is 20.9 Å². The number of amides is 1. The van der Waals surface area contributed by atoms with E-state index in [1.165, 1.54) is 12.8 Å². The van der Waals surface area contributed by atoms with Gasteiger partial charge in [0, 0.05) is 52.4 Å². The topological polar surface area (TPSA) is 86.8 Å². The SMILES string of the molecule is CN=C(NCc1ccc(N2CCC(C)CC2)nc1)N1CCCC(CC(N)=O)C1.I. The first kappa shape index (κ1) is 23.7. The highest BCUT2D eigenvalue weighted by Gasteiger charge is 2.23. The van der Waals surface area contributed by atoms with Crippen LogP contribution >= 0.6 is 24.0 Å². The number of carbonyl (C=O) groups is 1. The van der Waals surface area contributed by atoms with Gasteiger partial charge in [-0.3, -0.25) is 9.79 Å². The molecule has 162 valence electrons. The fourth-order valence-corrected chi connectivity index (χ4v) is 4.17. The van der Waals surface area contributed by atoms with Gasteiger partial charge in [-0.2, -0.15) is 0 Å². The first-order valence-corrected chi connectivity index (χ1v) is 10.5. The number of likely N-dealkylation sites (tertiary alicyclic amines) is 1. The molecule has 1 amide bonds. The summed E-state index contributed by atoms with van der Waals surface area (Å²) in [5.74, 6) is 2.87. The summed E-state index contributed by atoms with van der Waals surface area (Å²) in [6.45, 7) is 6.99. The van der Waals surface area contributed by atoms with Gasteiger partial charge >= 0.3 is 0 Å². The molecule has 1 aromatic rings. The van der Waals surface area contributed by atoms with Gasteiger partial charge in [-0.15, -0.1) is 24.0 Å². The van der Waals surface area contributed by atoms with Gasteiger partial charge in [0.25, 0.3) is 0 Å². The Hall–Kier alpha value is -1.58. The lowest BCUT2D eigenvalue weighted by Gasteiger charge is -2.34. The number of nitrogens with zero attached hydrogens (tertiary/aromatic N) is 4. The minimum Gasteiger partial charge on any atom is -0.370 e. The van der Waals surface area contributed by atoms with Crippen LogP contribution in [0.2, 0.25) is 0 Å². The van der Waals surface area contributed by atoms with Crippen molar-refractivity contribution in [3.8, 4) is 0 Å². The molecule has 2 fully saturated rings. The zero-order valence-corrected chi connectivity index (χ0v) is 20.0. The summed E-state index contributed by atoms with van der Waals surface area (Å²) in [6, 6.07) is 4.27. The zero-order valence-electron chi connectivity index (χ0n) is 17.6. The number of aromatic nitrogens is 1. The average molecular weight is 514 g/mol. The first-order chi connectivity index (χ1) is 13.5. The molecule has 0 bridgehead atoms. The Balaban J connectivity index is 0.00000300. The molecule has 1 atom stereocenters. The highest BCUT2D eigenvalue weighted by Crippen LogP contribution is 2.22. The van der Waals surface area contributed by atoms with E-state index in [4.69, 9.17) is 5.73 Å². The minimum atomic E-state index is -0.218. The number of pyridine rings is 1. The maximum absolute atomic E-state index is 11.2. The van der Waals surface area contributed by atoms with Crippen molar-refractivity contribution in [1.82, 2.24) is 15.2 Å². The summed E-state index contributed by atoms with van der Waals surface area (Å²) in [5, 5.41) is 3.44. The number of nitrogens with two attached hydrogens (primary N) is 1. The molecule has 7 nitrogen and oxygen atoms in total. The number of anilines is 1. The largest absolute Gasteiger partial charge is 0.370 e. The van der Waals surface area contributed by atoms with Crippen LogP contribution < -0.4 is 16.0 Å². The van der Waals surface area contributed by atoms with Crippen LogP contribution in [0.5, 0.6) is 0 Å². The van der Waals surface area contributed by atoms with Crippen molar-refractivity contribution in [2.45, 2.75) is 45.6 Å². The molecule has 29 heavy (non-hydrogen) atoms. The molecule has 0 radical (unpaired) electrons. The third kappa shape index (κ3) is 7.01. The number of hydrogen-bond acceptors (Lipinski definition) is 4. The van der Waals surface area contributed by atoms with Crippen LogP contribution in [0.1, 0.15) is 44.6 Å². The summed E-state index contributed by atoms with van der Waals surface area (Å²) in [6.07, 6.45) is 7.01. The van der Waals surface area contributed by atoms with Crippen molar-refractivity contribution in [2.24, 2.45) is 22.6 Å². The Bertz CT molecular complexity index is 672. The van der Waals surface area contributed by atoms with Gasteiger partial charge in [0.1, 0.15) is 5.82 Å². The Kier molecular flexibility index (Phi) is 9.45. The second-order valence-corrected chi connectivity index (χ2v) is 8.22. The minimum absolute atomic E-state index is 0. The van der Waals surface area contributed by atoms with E-state index in [-0.39, 0.29) is 29.9 Å². The molecule has 0 spiro atoms. The van der Waals surface area contributed by atoms with E-state index in [0.717, 1.165) is 62.3 Å². The summed E-state index contributed by atoms with van der Waals surface area (Å²) >= 11 is 0. The number of rotatable bonds is 5. The molecule has 1 unspecified atom stereocenters. The summed E-state index contributed by atoms with van der Waals surface area (Å²) in [4.78, 5) is 24.9. The van der Waals surface area contributed by atoms with Crippen molar-refractivity contribution in [1.29, 1.82) is 0 Å². The smallest absolute Gasteiger partial charge is 0.217 e. The Morgan fingerprint density at radius 3 is 2.66 bits per heavy atom. The number of nitrogens with one attached hydrogen (secondary N) is 1. The average Bonchev–Trinajstić information content (AvgIpc) is 2.69. The van der Waals surface area contributed by atoms with E-state index in [1.807, 2.05) is 6.20 Å². The molecular weight excluding hydrogens is 479 g/mol. The number of aliphatic imine (C=N–C) groups is 1. The molecule has 0 saturated carbocycles. The van der Waals surface area contributed by atoms with E-state index in [0.29, 0.717) is 18.9 Å². The Labute approximate surface area is 191 Å². The fraction of sp³-hybridized carbons (Fsp3) is 0.667. The molecule has 3 rings (SSSR count). The normalized spacial score (nSPS) is 20.9. The number of piperidine rings is 2. The number of halogens is 1. The maximum Gasteiger partial charge on any atom is 0.217 e. The summed E-state index contributed by atoms with van der Waals surface area (Å²) in [5.41, 5.74) is 6.51. The van der Waals surface area contributed by atoms with E-state index in [1.54, 1.807) is 7.05 Å². The summed E-state index contributed by atoms with van der Waals surface area (Å²) in [7, 11) is 1.80. The second-order valence-electron chi connectivity index (χ2n) is 8.22. The van der Waals surface area contributed by atoms with Gasteiger partial charge in [0.05, 0.1) is 0 Å². The van der Waals surface area contributed by atoms with E-state index >= 15 is 0 Å². The van der Waals surface area contributed by atoms with Crippen LogP contribution in [0.4, 0.5) is 5.82 Å². The molecule has 2 aliphatic rings. The second kappa shape index (κ2) is 11.6. The number of carbonyl (C=O) groups excluding carboxylic acids is 1. The van der Waals surface area contributed by atoms with Crippen LogP contribution in [0.3, 0.4) is 0 Å². The summed E-state index contributed by atoms with van der Waals surface area (Å²) < 4.78 is 0. The lowest BCUT2D eigenvalue weighted by molar-refractivity contribution is -0.119. The predicted molar refractivity (Wildman–Crippen MR) is 129 cm³/mol. The quantitative estimate of drug-likeness (QED) is 0.359. The highest BCUT2D eigenvalue weighted by molar-refractivity contribution is 14.0. The highest BCUT2D eigenvalue weighted by atomic mass is 127. The van der Waals surface area contributed by atoms with Gasteiger partial charge in [0.2, 0.25) is 5.91 Å². The van der Waals surface area contributed by atoms with Crippen molar-refractivity contribution in [3.63, 3.8) is 0 Å². The lowest BCUT2D eigenvalue weighted by Crippen LogP contribution is -2.46. The van der Waals surface area contributed by atoms with Gasteiger partial charge in [-0.05, 0) is 49.1 Å². The molecule has 2 saturated heterocycles. The molecule has 8 heteroatoms. The lowest BCUT2D eigenvalue weighted by atomic mass is 9.95. The molecule has 3 N–H and O–H groups in total. The number of hydrogen-bond donors (Lipinski definition) is 2. The van der Waals surface area contributed by atoms with E-state index in [2.05, 4.69) is 44.1 Å². The van der Waals surface area contributed by atoms with Crippen molar-refractivity contribution >= 4 is 41.7 Å². The third-order valence-electron chi connectivity index (χ3n) is 5.89. The van der Waals surface area contributed by atoms with Crippen molar-refractivity contribution in [2.75, 3.05) is 38.1 Å². The monoisotopic (exact) mass is 514 g/mol. The molecule has 0 aromatic carbocycles. The number of primary amides is 1. The van der Waals surface area contributed by atoms with Gasteiger partial charge in [-0.25, -0.2) is 4.98 Å². The fourth-order valence-electron chi connectivity index (χ4n) is 4.17. The molecule has 0 aliphatic carbocycles. The van der Waals surface area contributed by atoms with Gasteiger partial charge in [0.15, 0.2) is 5.96 Å². The van der Waals surface area contributed by atoms with Crippen molar-refractivity contribution < 1.29 is 4.79 Å². The Morgan fingerprint density at radius 1 is 1.28 bits per heavy atom. The Morgan fingerprint density at radius 2 is 2.03 bits per heavy atom. The molecule has 2 aliphatic heterocycles. The predicted octanol–water partition coefficient (Wildman–Crippen LogP) is 2.60. The van der Waals surface area contributed by atoms with E-state index in [9.17, 15) is 4.79 Å². The third-order valence-corrected chi connectivity index (χ3v) is 5.89. The van der Waals surface area contributed by atoms with Crippen LogP contribution in [-0.2, 0) is 11.3 Å². The van der Waals surface area contributed by atoms with Crippen LogP contribution in [0.25, 0.3) is 0 Å². The molecule has 1 aromatic heterocycles. The van der Waals surface area contributed by atoms with Crippen LogP contribution in [0.15, 0.2) is 23.3 Å². The standard InChI is InChI=1S/C21H34N6O.HI/c1-16-7-10-26(11-8-16)20-6-5-18(13-24-20)14-25-21(23-2)27-9-3-4-17(15-27)12-19(22)28;/h5-6,13,16-17H,3-4,7-12,14-15H2,1-2H3,(H2,22,28)(H,23,25);1H. The molecular formula is C21H35IN6O. The van der Waals surface area contributed by atoms with Crippen LogP contribution in [-0.4, -0.2) is 55.0 Å². The van der Waals surface area contributed by atoms with E-state index < -0.39 is 0 Å². The first-order valence-electron chi connectivity index (χ1n) is 10.5. The van der Waals surface area contributed by atoms with Crippen LogP contribution in [0, 0.1) is 11.8 Å². The van der Waals surface area contributed by atoms with Gasteiger partial charge in [-0.1, -0.05) is 13.0 Å². The molecule has 3 heterocycles. The zero-order chi connectivity index (χ0) is 19.9.